The number of rotatable bonds is 5. The third-order valence-corrected chi connectivity index (χ3v) is 4.76. The molecule has 1 heterocycles. The Hall–Kier alpha value is -3.01. The lowest BCUT2D eigenvalue weighted by atomic mass is 10.2. The fraction of sp³-hybridized carbons (Fsp3) is 0.100. The van der Waals surface area contributed by atoms with E-state index in [1.165, 1.54) is 6.07 Å². The fourth-order valence-electron chi connectivity index (χ4n) is 2.57. The highest BCUT2D eigenvalue weighted by atomic mass is 127. The standard InChI is InChI=1S/C20H17IN4O3/c1-12-9-17(26)25-19(23-12)13-5-4-6-14(10-13)24-18(27)11-22-20(28)15-7-2-3-8-16(15)21/h2-10H,11H2,1H3,(H,22,28)(H,24,27)(H,23,25,26). The number of halogens is 1. The highest BCUT2D eigenvalue weighted by Gasteiger charge is 2.11. The van der Waals surface area contributed by atoms with Gasteiger partial charge in [-0.1, -0.05) is 24.3 Å². The summed E-state index contributed by atoms with van der Waals surface area (Å²) in [6.07, 6.45) is 0. The molecule has 142 valence electrons. The van der Waals surface area contributed by atoms with Crippen molar-refractivity contribution in [3.05, 3.63) is 79.8 Å². The molecule has 0 aliphatic carbocycles. The highest BCUT2D eigenvalue weighted by Crippen LogP contribution is 2.18. The first-order valence-electron chi connectivity index (χ1n) is 8.43. The molecule has 7 nitrogen and oxygen atoms in total. The van der Waals surface area contributed by atoms with Gasteiger partial charge in [-0.05, 0) is 53.8 Å². The van der Waals surface area contributed by atoms with E-state index in [9.17, 15) is 14.4 Å². The first kappa shape index (κ1) is 19.7. The smallest absolute Gasteiger partial charge is 0.252 e. The monoisotopic (exact) mass is 488 g/mol. The lowest BCUT2D eigenvalue weighted by Crippen LogP contribution is -2.33. The fourth-order valence-corrected chi connectivity index (χ4v) is 3.20. The summed E-state index contributed by atoms with van der Waals surface area (Å²) in [7, 11) is 0. The van der Waals surface area contributed by atoms with Gasteiger partial charge in [-0.3, -0.25) is 14.4 Å². The molecule has 2 aromatic carbocycles. The van der Waals surface area contributed by atoms with Crippen LogP contribution in [0.2, 0.25) is 0 Å². The molecule has 1 aromatic heterocycles. The van der Waals surface area contributed by atoms with E-state index in [1.54, 1.807) is 43.3 Å². The van der Waals surface area contributed by atoms with Crippen LogP contribution in [0.15, 0.2) is 59.4 Å². The summed E-state index contributed by atoms with van der Waals surface area (Å²) < 4.78 is 0.811. The molecule has 3 aromatic rings. The Bertz CT molecular complexity index is 1090. The number of hydrogen-bond donors (Lipinski definition) is 3. The Labute approximate surface area is 174 Å². The summed E-state index contributed by atoms with van der Waals surface area (Å²) >= 11 is 2.07. The highest BCUT2D eigenvalue weighted by molar-refractivity contribution is 14.1. The minimum absolute atomic E-state index is 0.159. The van der Waals surface area contributed by atoms with Gasteiger partial charge in [0, 0.05) is 26.6 Å². The number of benzene rings is 2. The van der Waals surface area contributed by atoms with Crippen LogP contribution in [-0.4, -0.2) is 28.3 Å². The van der Waals surface area contributed by atoms with Gasteiger partial charge in [0.25, 0.3) is 11.5 Å². The quantitative estimate of drug-likeness (QED) is 0.481. The van der Waals surface area contributed by atoms with E-state index in [1.807, 2.05) is 12.1 Å². The van der Waals surface area contributed by atoms with Gasteiger partial charge >= 0.3 is 0 Å². The van der Waals surface area contributed by atoms with Gasteiger partial charge in [-0.25, -0.2) is 4.98 Å². The summed E-state index contributed by atoms with van der Waals surface area (Å²) in [6.45, 7) is 1.58. The SMILES string of the molecule is Cc1cc(=O)[nH]c(-c2cccc(NC(=O)CNC(=O)c3ccccc3I)c2)n1. The van der Waals surface area contributed by atoms with Gasteiger partial charge in [0.2, 0.25) is 5.91 Å². The second-order valence-corrected chi connectivity index (χ2v) is 7.19. The number of anilines is 1. The molecule has 2 amide bonds. The average molecular weight is 488 g/mol. The van der Waals surface area contributed by atoms with Crippen molar-refractivity contribution in [2.24, 2.45) is 0 Å². The molecule has 3 N–H and O–H groups in total. The number of nitrogens with one attached hydrogen (secondary N) is 3. The minimum Gasteiger partial charge on any atom is -0.343 e. The molecule has 28 heavy (non-hydrogen) atoms. The van der Waals surface area contributed by atoms with Gasteiger partial charge in [-0.15, -0.1) is 0 Å². The maximum absolute atomic E-state index is 12.2. The summed E-state index contributed by atoms with van der Waals surface area (Å²) in [5.41, 5.74) is 2.09. The molecular weight excluding hydrogens is 471 g/mol. The number of aromatic amines is 1. The molecule has 0 bridgehead atoms. The molecule has 3 rings (SSSR count). The maximum Gasteiger partial charge on any atom is 0.252 e. The summed E-state index contributed by atoms with van der Waals surface area (Å²) in [6, 6.07) is 15.5. The number of nitrogens with zero attached hydrogens (tertiary/aromatic N) is 1. The van der Waals surface area contributed by atoms with Crippen LogP contribution in [0.1, 0.15) is 16.1 Å². The molecule has 0 unspecified atom stereocenters. The summed E-state index contributed by atoms with van der Waals surface area (Å²) in [5.74, 6) is -0.245. The van der Waals surface area contributed by atoms with E-state index in [-0.39, 0.29) is 23.9 Å². The van der Waals surface area contributed by atoms with E-state index in [0.717, 1.165) is 3.57 Å². The molecule has 0 saturated carbocycles. The third-order valence-electron chi connectivity index (χ3n) is 3.82. The molecule has 0 fully saturated rings. The predicted octanol–water partition coefficient (Wildman–Crippen LogP) is 2.72. The normalized spacial score (nSPS) is 10.4. The second-order valence-electron chi connectivity index (χ2n) is 6.03. The Morgan fingerprint density at radius 2 is 1.89 bits per heavy atom. The van der Waals surface area contributed by atoms with Crippen LogP contribution in [-0.2, 0) is 4.79 Å². The number of carbonyl (C=O) groups is 2. The van der Waals surface area contributed by atoms with E-state index >= 15 is 0 Å². The Morgan fingerprint density at radius 1 is 1.11 bits per heavy atom. The Morgan fingerprint density at radius 3 is 2.64 bits per heavy atom. The van der Waals surface area contributed by atoms with Crippen LogP contribution < -0.4 is 16.2 Å². The van der Waals surface area contributed by atoms with Crippen molar-refractivity contribution >= 4 is 40.1 Å². The zero-order valence-electron chi connectivity index (χ0n) is 15.0. The zero-order valence-corrected chi connectivity index (χ0v) is 17.1. The van der Waals surface area contributed by atoms with Crippen molar-refractivity contribution in [2.45, 2.75) is 6.92 Å². The van der Waals surface area contributed by atoms with Gasteiger partial charge in [0.1, 0.15) is 5.82 Å². The maximum atomic E-state index is 12.2. The Balaban J connectivity index is 1.65. The first-order valence-corrected chi connectivity index (χ1v) is 9.51. The molecule has 0 saturated heterocycles. The van der Waals surface area contributed by atoms with Gasteiger partial charge in [0.05, 0.1) is 12.1 Å². The van der Waals surface area contributed by atoms with Crippen LogP contribution >= 0.6 is 22.6 Å². The van der Waals surface area contributed by atoms with Crippen LogP contribution in [0.25, 0.3) is 11.4 Å². The van der Waals surface area contributed by atoms with Crippen LogP contribution in [0.4, 0.5) is 5.69 Å². The second kappa shape index (κ2) is 8.79. The predicted molar refractivity (Wildman–Crippen MR) is 115 cm³/mol. The van der Waals surface area contributed by atoms with Crippen molar-refractivity contribution < 1.29 is 9.59 Å². The average Bonchev–Trinajstić information content (AvgIpc) is 2.66. The van der Waals surface area contributed by atoms with Crippen LogP contribution in [0, 0.1) is 10.5 Å². The molecule has 0 aliphatic rings. The van der Waals surface area contributed by atoms with E-state index in [0.29, 0.717) is 28.3 Å². The minimum atomic E-state index is -0.359. The molecule has 8 heteroatoms. The van der Waals surface area contributed by atoms with Crippen molar-refractivity contribution in [1.29, 1.82) is 0 Å². The van der Waals surface area contributed by atoms with E-state index in [4.69, 9.17) is 0 Å². The van der Waals surface area contributed by atoms with Crippen molar-refractivity contribution in [3.8, 4) is 11.4 Å². The lowest BCUT2D eigenvalue weighted by Gasteiger charge is -2.09. The van der Waals surface area contributed by atoms with Gasteiger partial charge in [0.15, 0.2) is 0 Å². The molecule has 0 radical (unpaired) electrons. The third kappa shape index (κ3) is 5.03. The topological polar surface area (TPSA) is 104 Å². The molecule has 0 spiro atoms. The van der Waals surface area contributed by atoms with Crippen LogP contribution in [0.3, 0.4) is 0 Å². The Kier molecular flexibility index (Phi) is 6.19. The summed E-state index contributed by atoms with van der Waals surface area (Å²) in [4.78, 5) is 43.0. The van der Waals surface area contributed by atoms with E-state index < -0.39 is 0 Å². The van der Waals surface area contributed by atoms with Crippen LogP contribution in [0.5, 0.6) is 0 Å². The number of carbonyl (C=O) groups excluding carboxylic acids is 2. The molecular formula is C20H17IN4O3. The van der Waals surface area contributed by atoms with Crippen molar-refractivity contribution in [3.63, 3.8) is 0 Å². The lowest BCUT2D eigenvalue weighted by molar-refractivity contribution is -0.115. The number of amides is 2. The van der Waals surface area contributed by atoms with Gasteiger partial charge < -0.3 is 15.6 Å². The number of H-pyrrole nitrogens is 1. The number of aryl methyl sites for hydroxylation is 1. The zero-order chi connectivity index (χ0) is 20.1. The molecule has 0 atom stereocenters. The number of hydrogen-bond acceptors (Lipinski definition) is 4. The van der Waals surface area contributed by atoms with Crippen molar-refractivity contribution in [1.82, 2.24) is 15.3 Å². The largest absolute Gasteiger partial charge is 0.343 e. The first-order chi connectivity index (χ1) is 13.4. The summed E-state index contributed by atoms with van der Waals surface area (Å²) in [5, 5.41) is 5.33. The molecule has 0 aliphatic heterocycles. The van der Waals surface area contributed by atoms with Crippen molar-refractivity contribution in [2.75, 3.05) is 11.9 Å². The number of aromatic nitrogens is 2. The van der Waals surface area contributed by atoms with E-state index in [2.05, 4.69) is 43.2 Å². The van der Waals surface area contributed by atoms with Gasteiger partial charge in [-0.2, -0.15) is 0 Å².